The van der Waals surface area contributed by atoms with Crippen molar-refractivity contribution in [2.45, 2.75) is 32.1 Å². The molecule has 0 spiro atoms. The van der Waals surface area contributed by atoms with Crippen LogP contribution >= 0.6 is 0 Å². The normalized spacial score (nSPS) is 13.7. The number of fused-ring (bicyclic) bond motifs is 1. The Bertz CT molecular complexity index is 430. The van der Waals surface area contributed by atoms with Gasteiger partial charge >= 0.3 is 0 Å². The standard InChI is InChI=1S/C14H20N2O2/c1-16(15)14(17)6-2-4-11-7-8-13-12(10-11)5-3-9-18-13/h7-8,10H,2-6,9,15H2,1H3. The van der Waals surface area contributed by atoms with Crippen LogP contribution in [0.1, 0.15) is 30.4 Å². The molecule has 4 nitrogen and oxygen atoms in total. The average Bonchev–Trinajstić information content (AvgIpc) is 2.38. The number of benzene rings is 1. The highest BCUT2D eigenvalue weighted by Crippen LogP contribution is 2.26. The van der Waals surface area contributed by atoms with E-state index in [1.54, 1.807) is 7.05 Å². The van der Waals surface area contributed by atoms with E-state index >= 15 is 0 Å². The Hall–Kier alpha value is -1.55. The van der Waals surface area contributed by atoms with Gasteiger partial charge < -0.3 is 4.74 Å². The van der Waals surface area contributed by atoms with Crippen LogP contribution in [-0.2, 0) is 17.6 Å². The summed E-state index contributed by atoms with van der Waals surface area (Å²) in [6, 6.07) is 6.33. The zero-order valence-electron chi connectivity index (χ0n) is 10.8. The Morgan fingerprint density at radius 3 is 3.11 bits per heavy atom. The van der Waals surface area contributed by atoms with Crippen molar-refractivity contribution >= 4 is 5.91 Å². The molecule has 98 valence electrons. The molecule has 2 N–H and O–H groups in total. The predicted octanol–water partition coefficient (Wildman–Crippen LogP) is 1.67. The van der Waals surface area contributed by atoms with Gasteiger partial charge in [0.1, 0.15) is 5.75 Å². The molecule has 1 aromatic rings. The number of hydrogen-bond acceptors (Lipinski definition) is 3. The first kappa shape index (κ1) is 12.9. The van der Waals surface area contributed by atoms with E-state index in [1.807, 2.05) is 6.07 Å². The van der Waals surface area contributed by atoms with Gasteiger partial charge in [0.15, 0.2) is 0 Å². The highest BCUT2D eigenvalue weighted by molar-refractivity contribution is 5.75. The van der Waals surface area contributed by atoms with Crippen LogP contribution in [0.4, 0.5) is 0 Å². The van der Waals surface area contributed by atoms with Gasteiger partial charge in [0.25, 0.3) is 0 Å². The van der Waals surface area contributed by atoms with E-state index in [2.05, 4.69) is 12.1 Å². The van der Waals surface area contributed by atoms with Crippen molar-refractivity contribution in [3.05, 3.63) is 29.3 Å². The summed E-state index contributed by atoms with van der Waals surface area (Å²) >= 11 is 0. The summed E-state index contributed by atoms with van der Waals surface area (Å²) in [4.78, 5) is 11.3. The molecule has 1 heterocycles. The van der Waals surface area contributed by atoms with Crippen molar-refractivity contribution in [2.24, 2.45) is 5.84 Å². The average molecular weight is 248 g/mol. The molecule has 0 radical (unpaired) electrons. The van der Waals surface area contributed by atoms with Crippen molar-refractivity contribution < 1.29 is 9.53 Å². The lowest BCUT2D eigenvalue weighted by Crippen LogP contribution is -2.32. The fourth-order valence-corrected chi connectivity index (χ4v) is 2.19. The van der Waals surface area contributed by atoms with Crippen molar-refractivity contribution in [2.75, 3.05) is 13.7 Å². The fourth-order valence-electron chi connectivity index (χ4n) is 2.19. The topological polar surface area (TPSA) is 55.6 Å². The van der Waals surface area contributed by atoms with E-state index in [-0.39, 0.29) is 5.91 Å². The zero-order chi connectivity index (χ0) is 13.0. The molecule has 0 atom stereocenters. The number of hydrogen-bond donors (Lipinski definition) is 1. The first-order valence-corrected chi connectivity index (χ1v) is 6.42. The Labute approximate surface area is 108 Å². The van der Waals surface area contributed by atoms with Crippen LogP contribution in [0.15, 0.2) is 18.2 Å². The maximum absolute atomic E-state index is 11.3. The molecule has 0 bridgehead atoms. The van der Waals surface area contributed by atoms with Crippen LogP contribution in [0.25, 0.3) is 0 Å². The van der Waals surface area contributed by atoms with E-state index < -0.39 is 0 Å². The fraction of sp³-hybridized carbons (Fsp3) is 0.500. The molecule has 18 heavy (non-hydrogen) atoms. The number of nitrogens with two attached hydrogens (primary N) is 1. The second-order valence-electron chi connectivity index (χ2n) is 4.75. The quantitative estimate of drug-likeness (QED) is 0.501. The van der Waals surface area contributed by atoms with E-state index in [9.17, 15) is 4.79 Å². The third kappa shape index (κ3) is 3.23. The number of hydrazine groups is 1. The van der Waals surface area contributed by atoms with Crippen LogP contribution in [0.3, 0.4) is 0 Å². The molecule has 4 heteroatoms. The third-order valence-corrected chi connectivity index (χ3v) is 3.22. The largest absolute Gasteiger partial charge is 0.493 e. The molecule has 1 aliphatic rings. The number of ether oxygens (including phenoxy) is 1. The lowest BCUT2D eigenvalue weighted by atomic mass is 10.0. The van der Waals surface area contributed by atoms with Gasteiger partial charge in [-0.25, -0.2) is 5.84 Å². The van der Waals surface area contributed by atoms with Crippen molar-refractivity contribution in [3.63, 3.8) is 0 Å². The molecule has 1 aromatic carbocycles. The smallest absolute Gasteiger partial charge is 0.236 e. The van der Waals surface area contributed by atoms with Gasteiger partial charge in [0, 0.05) is 13.5 Å². The van der Waals surface area contributed by atoms with Crippen molar-refractivity contribution in [3.8, 4) is 5.75 Å². The molecule has 0 saturated heterocycles. The summed E-state index contributed by atoms with van der Waals surface area (Å²) < 4.78 is 5.58. The Morgan fingerprint density at radius 2 is 2.33 bits per heavy atom. The number of nitrogens with zero attached hydrogens (tertiary/aromatic N) is 1. The number of aryl methyl sites for hydroxylation is 2. The van der Waals surface area contributed by atoms with Gasteiger partial charge in [-0.05, 0) is 42.9 Å². The number of carbonyl (C=O) groups is 1. The predicted molar refractivity (Wildman–Crippen MR) is 70.2 cm³/mol. The summed E-state index contributed by atoms with van der Waals surface area (Å²) in [5, 5.41) is 1.15. The SMILES string of the molecule is CN(N)C(=O)CCCc1ccc2c(c1)CCCO2. The summed E-state index contributed by atoms with van der Waals surface area (Å²) in [5.41, 5.74) is 2.56. The minimum absolute atomic E-state index is 0.0173. The summed E-state index contributed by atoms with van der Waals surface area (Å²) in [6.07, 6.45) is 4.42. The van der Waals surface area contributed by atoms with Crippen molar-refractivity contribution in [1.29, 1.82) is 0 Å². The summed E-state index contributed by atoms with van der Waals surface area (Å²) in [5.74, 6) is 6.37. The van der Waals surface area contributed by atoms with Crippen LogP contribution in [0.5, 0.6) is 5.75 Å². The summed E-state index contributed by atoms with van der Waals surface area (Å²) in [7, 11) is 1.58. The Kier molecular flexibility index (Phi) is 4.20. The Balaban J connectivity index is 1.88. The van der Waals surface area contributed by atoms with Gasteiger partial charge in [0.2, 0.25) is 5.91 Å². The molecule has 0 aliphatic carbocycles. The van der Waals surface area contributed by atoms with Crippen LogP contribution in [0.2, 0.25) is 0 Å². The number of carbonyl (C=O) groups excluding carboxylic acids is 1. The summed E-state index contributed by atoms with van der Waals surface area (Å²) in [6.45, 7) is 0.823. The minimum Gasteiger partial charge on any atom is -0.493 e. The maximum Gasteiger partial charge on any atom is 0.236 e. The molecule has 0 fully saturated rings. The highest BCUT2D eigenvalue weighted by Gasteiger charge is 2.10. The maximum atomic E-state index is 11.3. The first-order chi connectivity index (χ1) is 8.66. The van der Waals surface area contributed by atoms with E-state index in [4.69, 9.17) is 10.6 Å². The van der Waals surface area contributed by atoms with Gasteiger partial charge in [0.05, 0.1) is 6.61 Å². The van der Waals surface area contributed by atoms with Gasteiger partial charge in [-0.1, -0.05) is 12.1 Å². The zero-order valence-corrected chi connectivity index (χ0v) is 10.8. The molecule has 0 saturated carbocycles. The molecule has 1 amide bonds. The molecule has 0 aromatic heterocycles. The second kappa shape index (κ2) is 5.87. The van der Waals surface area contributed by atoms with Crippen molar-refractivity contribution in [1.82, 2.24) is 5.01 Å². The van der Waals surface area contributed by atoms with Crippen LogP contribution in [-0.4, -0.2) is 24.6 Å². The molecular formula is C14H20N2O2. The van der Waals surface area contributed by atoms with Gasteiger partial charge in [-0.15, -0.1) is 0 Å². The first-order valence-electron chi connectivity index (χ1n) is 6.42. The van der Waals surface area contributed by atoms with Gasteiger partial charge in [-0.2, -0.15) is 0 Å². The third-order valence-electron chi connectivity index (χ3n) is 3.22. The number of rotatable bonds is 4. The van der Waals surface area contributed by atoms with E-state index in [1.165, 1.54) is 11.1 Å². The number of amides is 1. The Morgan fingerprint density at radius 1 is 1.50 bits per heavy atom. The lowest BCUT2D eigenvalue weighted by molar-refractivity contribution is -0.130. The monoisotopic (exact) mass is 248 g/mol. The second-order valence-corrected chi connectivity index (χ2v) is 4.75. The van der Waals surface area contributed by atoms with Crippen LogP contribution < -0.4 is 10.6 Å². The molecule has 0 unspecified atom stereocenters. The lowest BCUT2D eigenvalue weighted by Gasteiger charge is -2.18. The molecule has 1 aliphatic heterocycles. The van der Waals surface area contributed by atoms with E-state index in [0.717, 1.165) is 43.0 Å². The van der Waals surface area contributed by atoms with E-state index in [0.29, 0.717) is 6.42 Å². The van der Waals surface area contributed by atoms with Gasteiger partial charge in [-0.3, -0.25) is 9.80 Å². The minimum atomic E-state index is -0.0173. The molecular weight excluding hydrogens is 228 g/mol. The molecule has 2 rings (SSSR count). The highest BCUT2D eigenvalue weighted by atomic mass is 16.5. The van der Waals surface area contributed by atoms with Crippen LogP contribution in [0, 0.1) is 0 Å².